The summed E-state index contributed by atoms with van der Waals surface area (Å²) in [7, 11) is 0. The number of β-amino-alcohol motifs (C(OH)–C–C–N with tert-alkyl or cyclic N) is 1. The van der Waals surface area contributed by atoms with Crippen molar-refractivity contribution in [3.8, 4) is 5.69 Å². The van der Waals surface area contributed by atoms with Gasteiger partial charge in [0.1, 0.15) is 36.6 Å². The number of aliphatic hydroxyl groups is 2. The van der Waals surface area contributed by atoms with Crippen molar-refractivity contribution in [2.75, 3.05) is 51.1 Å². The molecule has 15 nitrogen and oxygen atoms in total. The van der Waals surface area contributed by atoms with Gasteiger partial charge in [-0.1, -0.05) is 6.07 Å². The molecule has 1 aromatic heterocycles. The minimum absolute atomic E-state index is 0.00235. The molecule has 17 heteroatoms. The van der Waals surface area contributed by atoms with Gasteiger partial charge in [0.25, 0.3) is 0 Å². The molecule has 1 fully saturated rings. The number of nitrogens with zero attached hydrogens (tertiary/aromatic N) is 9. The average molecular weight is 616 g/mol. The van der Waals surface area contributed by atoms with Crippen LogP contribution in [-0.2, 0) is 15.1 Å². The lowest BCUT2D eigenvalue weighted by molar-refractivity contribution is -0.0602. The number of carbonyl (C=O) groups is 2. The molecule has 0 spiro atoms. The van der Waals surface area contributed by atoms with Crippen LogP contribution < -0.4 is 4.90 Å². The highest BCUT2D eigenvalue weighted by molar-refractivity contribution is 5.94. The number of benzene rings is 2. The van der Waals surface area contributed by atoms with E-state index in [0.29, 0.717) is 24.0 Å². The summed E-state index contributed by atoms with van der Waals surface area (Å²) in [5, 5.41) is 37.6. The van der Waals surface area contributed by atoms with E-state index in [1.165, 1.54) is 37.1 Å². The van der Waals surface area contributed by atoms with Gasteiger partial charge in [-0.3, -0.25) is 9.91 Å². The quantitative estimate of drug-likeness (QED) is 0.224. The highest BCUT2D eigenvalue weighted by atomic mass is 19.1. The second-order valence-electron chi connectivity index (χ2n) is 10.2. The van der Waals surface area contributed by atoms with Gasteiger partial charge in [-0.25, -0.2) is 23.1 Å². The topological polar surface area (TPSA) is 162 Å². The molecule has 0 unspecified atom stereocenters. The van der Waals surface area contributed by atoms with Gasteiger partial charge in [0.05, 0.1) is 24.9 Å². The van der Waals surface area contributed by atoms with Crippen LogP contribution in [-0.4, -0.2) is 116 Å². The van der Waals surface area contributed by atoms with Crippen LogP contribution in [0.15, 0.2) is 53.9 Å². The highest BCUT2D eigenvalue weighted by Crippen LogP contribution is 2.35. The third-order valence-corrected chi connectivity index (χ3v) is 7.39. The van der Waals surface area contributed by atoms with Gasteiger partial charge in [-0.15, -0.1) is 5.10 Å². The van der Waals surface area contributed by atoms with E-state index >= 15 is 4.39 Å². The molecule has 2 amide bonds. The molecular weight excluding hydrogens is 584 g/mol. The van der Waals surface area contributed by atoms with Crippen molar-refractivity contribution in [1.82, 2.24) is 35.0 Å². The Labute approximate surface area is 250 Å². The lowest BCUT2D eigenvalue weighted by Gasteiger charge is -2.41. The zero-order chi connectivity index (χ0) is 31.3. The van der Waals surface area contributed by atoms with Gasteiger partial charge in [0.2, 0.25) is 0 Å². The van der Waals surface area contributed by atoms with Crippen LogP contribution >= 0.6 is 0 Å². The molecule has 2 aliphatic heterocycles. The number of urea groups is 1. The zero-order valence-corrected chi connectivity index (χ0v) is 23.7. The Balaban J connectivity index is 1.30. The number of rotatable bonds is 12. The van der Waals surface area contributed by atoms with Gasteiger partial charge in [-0.2, -0.15) is 5.10 Å². The Morgan fingerprint density at radius 3 is 2.59 bits per heavy atom. The van der Waals surface area contributed by atoms with Crippen molar-refractivity contribution in [3.63, 3.8) is 0 Å². The molecule has 2 aromatic carbocycles. The van der Waals surface area contributed by atoms with Crippen molar-refractivity contribution < 1.29 is 38.1 Å². The third-order valence-electron chi connectivity index (χ3n) is 7.39. The Bertz CT molecular complexity index is 1480. The van der Waals surface area contributed by atoms with Gasteiger partial charge < -0.3 is 29.5 Å². The largest absolute Gasteiger partial charge is 0.510 e. The summed E-state index contributed by atoms with van der Waals surface area (Å²) in [5.74, 6) is -1.79. The second-order valence-corrected chi connectivity index (χ2v) is 10.2. The van der Waals surface area contributed by atoms with Crippen molar-refractivity contribution in [2.24, 2.45) is 5.10 Å². The number of hydrogen-bond acceptors (Lipinski definition) is 12. The predicted octanol–water partition coefficient (Wildman–Crippen LogP) is 1.47. The molecule has 3 heterocycles. The van der Waals surface area contributed by atoms with Crippen LogP contribution in [0.25, 0.3) is 5.69 Å². The van der Waals surface area contributed by atoms with E-state index in [1.807, 2.05) is 0 Å². The van der Waals surface area contributed by atoms with E-state index < -0.39 is 35.5 Å². The van der Waals surface area contributed by atoms with Crippen molar-refractivity contribution in [3.05, 3.63) is 66.0 Å². The fraction of sp³-hybridized carbons (Fsp3) is 0.407. The summed E-state index contributed by atoms with van der Waals surface area (Å²) in [6, 6.07) is 8.47. The van der Waals surface area contributed by atoms with Crippen LogP contribution in [0.4, 0.5) is 24.1 Å². The van der Waals surface area contributed by atoms with E-state index in [4.69, 9.17) is 14.6 Å². The van der Waals surface area contributed by atoms with Crippen LogP contribution in [0.2, 0.25) is 0 Å². The Morgan fingerprint density at radius 2 is 1.89 bits per heavy atom. The molecule has 5 rings (SSSR count). The number of aromatic nitrogens is 4. The first-order valence-corrected chi connectivity index (χ1v) is 13.7. The predicted molar refractivity (Wildman–Crippen MR) is 149 cm³/mol. The molecule has 0 saturated carbocycles. The lowest BCUT2D eigenvalue weighted by Crippen LogP contribution is -2.55. The van der Waals surface area contributed by atoms with Crippen LogP contribution in [0.5, 0.6) is 0 Å². The number of aliphatic hydroxyl groups excluding tert-OH is 1. The standard InChI is InChI=1S/C27H31F2N9O6/c1-19(36-9-10-37(25(36)40)21-4-6-22(7-5-21)38-15-30-32-33-38)27(42,23-8-3-20(28)13-24(23)29)14-35-17-34(16-31-35)18-44-26(41)43-12-2-11-39/h3-8,13,15-16,19,39,42H,2,9-12,14,17-18H2,1H3/t19-,27-/m1/s1. The SMILES string of the molecule is C[C@@H](N1CCN(c2ccc(-n3cnnn3)cc2)C1=O)[C@](O)(CN1CN(COC(=O)OCCCO)C=N1)c1ccc(F)cc1F. The van der Waals surface area contributed by atoms with Gasteiger partial charge in [0, 0.05) is 43.4 Å². The molecule has 2 N–H and O–H groups in total. The molecule has 234 valence electrons. The summed E-state index contributed by atoms with van der Waals surface area (Å²) in [4.78, 5) is 29.8. The number of halogens is 2. The smallest absolute Gasteiger partial charge is 0.434 e. The number of ether oxygens (including phenoxy) is 2. The van der Waals surface area contributed by atoms with Gasteiger partial charge in [0.15, 0.2) is 6.73 Å². The minimum Gasteiger partial charge on any atom is -0.434 e. The summed E-state index contributed by atoms with van der Waals surface area (Å²) in [5.41, 5.74) is -0.945. The average Bonchev–Trinajstić information content (AvgIpc) is 3.78. The molecule has 3 aromatic rings. The van der Waals surface area contributed by atoms with Crippen molar-refractivity contribution >= 4 is 24.2 Å². The molecule has 2 aliphatic rings. The van der Waals surface area contributed by atoms with Crippen molar-refractivity contribution in [2.45, 2.75) is 25.0 Å². The van der Waals surface area contributed by atoms with E-state index in [9.17, 15) is 19.1 Å². The molecule has 1 saturated heterocycles. The Kier molecular flexibility index (Phi) is 9.15. The van der Waals surface area contributed by atoms with Crippen LogP contribution in [0.3, 0.4) is 0 Å². The number of hydrazone groups is 1. The molecule has 44 heavy (non-hydrogen) atoms. The van der Waals surface area contributed by atoms with Gasteiger partial charge >= 0.3 is 12.2 Å². The van der Waals surface area contributed by atoms with Crippen LogP contribution in [0.1, 0.15) is 18.9 Å². The fourth-order valence-electron chi connectivity index (χ4n) is 5.03. The van der Waals surface area contributed by atoms with Gasteiger partial charge in [-0.05, 0) is 47.7 Å². The first kappa shape index (κ1) is 30.6. The Morgan fingerprint density at radius 1 is 1.11 bits per heavy atom. The first-order chi connectivity index (χ1) is 21.2. The van der Waals surface area contributed by atoms with E-state index in [0.717, 1.165) is 12.1 Å². The molecule has 0 radical (unpaired) electrons. The maximum absolute atomic E-state index is 15.2. The fourth-order valence-corrected chi connectivity index (χ4v) is 5.03. The van der Waals surface area contributed by atoms with Crippen LogP contribution in [0, 0.1) is 11.6 Å². The summed E-state index contributed by atoms with van der Waals surface area (Å²) in [6.07, 6.45) is 2.16. The maximum atomic E-state index is 15.2. The van der Waals surface area contributed by atoms with Crippen molar-refractivity contribution in [1.29, 1.82) is 0 Å². The van der Waals surface area contributed by atoms with E-state index in [1.54, 1.807) is 31.2 Å². The molecular formula is C27H31F2N9O6. The first-order valence-electron chi connectivity index (χ1n) is 13.7. The zero-order valence-electron chi connectivity index (χ0n) is 23.7. The molecule has 2 atom stereocenters. The number of amides is 2. The monoisotopic (exact) mass is 615 g/mol. The second kappa shape index (κ2) is 13.2. The lowest BCUT2D eigenvalue weighted by atomic mass is 9.85. The number of hydrogen-bond donors (Lipinski definition) is 2. The summed E-state index contributed by atoms with van der Waals surface area (Å²) >= 11 is 0. The number of anilines is 1. The summed E-state index contributed by atoms with van der Waals surface area (Å²) in [6.45, 7) is 1.54. The molecule has 0 aliphatic carbocycles. The van der Waals surface area contributed by atoms with E-state index in [2.05, 4.69) is 20.6 Å². The highest BCUT2D eigenvalue weighted by Gasteiger charge is 2.47. The number of tetrazole rings is 1. The third kappa shape index (κ3) is 6.52. The minimum atomic E-state index is -2.04. The number of carbonyl (C=O) groups excluding carboxylic acids is 2. The normalized spacial score (nSPS) is 16.9. The maximum Gasteiger partial charge on any atom is 0.510 e. The Hall–Kier alpha value is -4.90. The summed E-state index contributed by atoms with van der Waals surface area (Å²) < 4.78 is 40.4. The van der Waals surface area contributed by atoms with E-state index in [-0.39, 0.29) is 51.7 Å². The molecule has 0 bridgehead atoms.